The summed E-state index contributed by atoms with van der Waals surface area (Å²) in [5, 5.41) is 0. The van der Waals surface area contributed by atoms with Gasteiger partial charge in [-0.1, -0.05) is 182 Å². The highest BCUT2D eigenvalue weighted by Gasteiger charge is 2.18. The molecule has 1 rings (SSSR count). The number of likely N-dealkylation sites (tertiary alicyclic amines) is 1. The third-order valence-electron chi connectivity index (χ3n) is 13.5. The molecule has 0 aliphatic carbocycles. The van der Waals surface area contributed by atoms with Crippen LogP contribution < -0.4 is 0 Å². The Morgan fingerprint density at radius 1 is 0.403 bits per heavy atom. The van der Waals surface area contributed by atoms with E-state index >= 15 is 0 Å². The summed E-state index contributed by atoms with van der Waals surface area (Å²) in [6.45, 7) is 13.5. The second kappa shape index (κ2) is 44.6. The minimum atomic E-state index is 0.00286. The fourth-order valence-corrected chi connectivity index (χ4v) is 9.42. The molecule has 7 heteroatoms. The Balaban J connectivity index is 2.22. The number of unbranched alkanes of at least 4 members (excludes halogenated alkanes) is 22. The molecule has 0 spiro atoms. The van der Waals surface area contributed by atoms with Gasteiger partial charge in [-0.25, -0.2) is 0 Å². The Morgan fingerprint density at radius 2 is 0.742 bits per heavy atom. The standard InChI is InChI=1S/C55H105NO6/c1-5-9-25-36-50(37-26-10-6-2)48-54(58)60-46-33-23-19-15-13-17-21-29-40-52(62-53(57)42-35-45-56-43-31-32-44-56)41-30-22-18-14-16-20-24-34-47-61-55(59)49-51(38-27-11-7-3)39-28-12-8-4/h50-52H,5-49H2,1-4H3. The van der Waals surface area contributed by atoms with Gasteiger partial charge in [0.2, 0.25) is 0 Å². The van der Waals surface area contributed by atoms with Gasteiger partial charge in [0.25, 0.3) is 0 Å². The molecule has 0 bridgehead atoms. The average molecular weight is 876 g/mol. The fraction of sp³-hybridized carbons (Fsp3) is 0.945. The van der Waals surface area contributed by atoms with E-state index in [0.717, 1.165) is 64.3 Å². The van der Waals surface area contributed by atoms with Gasteiger partial charge < -0.3 is 19.1 Å². The highest BCUT2D eigenvalue weighted by molar-refractivity contribution is 5.70. The molecule has 0 aromatic heterocycles. The van der Waals surface area contributed by atoms with Crippen molar-refractivity contribution in [3.05, 3.63) is 0 Å². The molecule has 1 aliphatic heterocycles. The highest BCUT2D eigenvalue weighted by atomic mass is 16.5. The Morgan fingerprint density at radius 3 is 1.11 bits per heavy atom. The van der Waals surface area contributed by atoms with Crippen LogP contribution in [0, 0.1) is 11.8 Å². The Bertz CT molecular complexity index is 918. The topological polar surface area (TPSA) is 82.1 Å². The largest absolute Gasteiger partial charge is 0.466 e. The number of nitrogens with zero attached hydrogens (tertiary/aromatic N) is 1. The molecule has 1 heterocycles. The molecule has 0 amide bonds. The van der Waals surface area contributed by atoms with E-state index in [4.69, 9.17) is 14.2 Å². The van der Waals surface area contributed by atoms with Gasteiger partial charge in [0.15, 0.2) is 0 Å². The summed E-state index contributed by atoms with van der Waals surface area (Å²) in [5.41, 5.74) is 0. The Kier molecular flexibility index (Phi) is 42.0. The average Bonchev–Trinajstić information content (AvgIpc) is 3.78. The van der Waals surface area contributed by atoms with Crippen molar-refractivity contribution in [3.8, 4) is 0 Å². The first kappa shape index (κ1) is 58.4. The quantitative estimate of drug-likeness (QED) is 0.0342. The Hall–Kier alpha value is -1.63. The van der Waals surface area contributed by atoms with E-state index in [2.05, 4.69) is 32.6 Å². The first-order valence-electron chi connectivity index (χ1n) is 27.6. The molecule has 0 aromatic rings. The summed E-state index contributed by atoms with van der Waals surface area (Å²) in [5.74, 6) is 1.03. The van der Waals surface area contributed by atoms with Crippen molar-refractivity contribution in [1.29, 1.82) is 0 Å². The Labute approximate surface area is 385 Å². The number of ether oxygens (including phenoxy) is 3. The van der Waals surface area contributed by atoms with Crippen molar-refractivity contribution in [2.45, 2.75) is 291 Å². The van der Waals surface area contributed by atoms with Crippen LogP contribution in [0.3, 0.4) is 0 Å². The lowest BCUT2D eigenvalue weighted by atomic mass is 9.92. The van der Waals surface area contributed by atoms with E-state index in [1.807, 2.05) is 0 Å². The summed E-state index contributed by atoms with van der Waals surface area (Å²) in [4.78, 5) is 40.4. The smallest absolute Gasteiger partial charge is 0.306 e. The molecule has 0 saturated carbocycles. The zero-order chi connectivity index (χ0) is 45.0. The predicted octanol–water partition coefficient (Wildman–Crippen LogP) is 16.2. The zero-order valence-electron chi connectivity index (χ0n) is 41.9. The first-order valence-corrected chi connectivity index (χ1v) is 27.6. The monoisotopic (exact) mass is 876 g/mol. The van der Waals surface area contributed by atoms with Crippen LogP contribution in [0.2, 0.25) is 0 Å². The third kappa shape index (κ3) is 37.7. The molecule has 1 fully saturated rings. The predicted molar refractivity (Wildman–Crippen MR) is 263 cm³/mol. The molecule has 1 saturated heterocycles. The summed E-state index contributed by atoms with van der Waals surface area (Å²) in [6, 6.07) is 0. The van der Waals surface area contributed by atoms with Crippen LogP contribution in [-0.4, -0.2) is 61.8 Å². The van der Waals surface area contributed by atoms with Crippen LogP contribution in [-0.2, 0) is 28.6 Å². The van der Waals surface area contributed by atoms with Crippen molar-refractivity contribution >= 4 is 17.9 Å². The molecule has 62 heavy (non-hydrogen) atoms. The molecule has 0 N–H and O–H groups in total. The number of hydrogen-bond donors (Lipinski definition) is 0. The summed E-state index contributed by atoms with van der Waals surface area (Å²) < 4.78 is 17.4. The van der Waals surface area contributed by atoms with E-state index in [-0.39, 0.29) is 24.0 Å². The fourth-order valence-electron chi connectivity index (χ4n) is 9.42. The van der Waals surface area contributed by atoms with Crippen LogP contribution in [0.15, 0.2) is 0 Å². The maximum absolute atomic E-state index is 12.9. The summed E-state index contributed by atoms with van der Waals surface area (Å²) in [7, 11) is 0. The van der Waals surface area contributed by atoms with Crippen molar-refractivity contribution in [1.82, 2.24) is 4.90 Å². The maximum Gasteiger partial charge on any atom is 0.306 e. The lowest BCUT2D eigenvalue weighted by molar-refractivity contribution is -0.150. The highest BCUT2D eigenvalue weighted by Crippen LogP contribution is 2.24. The van der Waals surface area contributed by atoms with Crippen LogP contribution >= 0.6 is 0 Å². The van der Waals surface area contributed by atoms with Crippen LogP contribution in [0.25, 0.3) is 0 Å². The van der Waals surface area contributed by atoms with Gasteiger partial charge in [-0.3, -0.25) is 14.4 Å². The molecule has 0 aromatic carbocycles. The van der Waals surface area contributed by atoms with Gasteiger partial charge >= 0.3 is 17.9 Å². The van der Waals surface area contributed by atoms with Gasteiger partial charge in [0.05, 0.1) is 13.2 Å². The number of esters is 3. The number of hydrogen-bond acceptors (Lipinski definition) is 7. The lowest BCUT2D eigenvalue weighted by Gasteiger charge is -2.19. The van der Waals surface area contributed by atoms with E-state index in [0.29, 0.717) is 44.3 Å². The maximum atomic E-state index is 12.9. The third-order valence-corrected chi connectivity index (χ3v) is 13.5. The van der Waals surface area contributed by atoms with Crippen LogP contribution in [0.1, 0.15) is 285 Å². The molecule has 0 unspecified atom stereocenters. The molecule has 366 valence electrons. The van der Waals surface area contributed by atoms with E-state index in [9.17, 15) is 14.4 Å². The molecular formula is C55H105NO6. The van der Waals surface area contributed by atoms with Gasteiger partial charge in [-0.15, -0.1) is 0 Å². The zero-order valence-corrected chi connectivity index (χ0v) is 41.9. The minimum absolute atomic E-state index is 0.00286. The SMILES string of the molecule is CCCCCC(CCCCC)CC(=O)OCCCCCCCCCCC(CCCCCCCCCCOC(=O)CC(CCCCC)CCCCC)OC(=O)CCCN1CCCC1. The number of carbonyl (C=O) groups excluding carboxylic acids is 3. The van der Waals surface area contributed by atoms with Gasteiger partial charge in [0, 0.05) is 19.3 Å². The van der Waals surface area contributed by atoms with Crippen molar-refractivity contribution in [2.75, 3.05) is 32.8 Å². The van der Waals surface area contributed by atoms with Crippen molar-refractivity contribution < 1.29 is 28.6 Å². The number of rotatable bonds is 47. The second-order valence-electron chi connectivity index (χ2n) is 19.6. The molecule has 7 nitrogen and oxygen atoms in total. The summed E-state index contributed by atoms with van der Waals surface area (Å²) in [6.07, 6.45) is 45.7. The molecule has 0 radical (unpaired) electrons. The van der Waals surface area contributed by atoms with Gasteiger partial charge in [-0.2, -0.15) is 0 Å². The minimum Gasteiger partial charge on any atom is -0.466 e. The lowest BCUT2D eigenvalue weighted by Crippen LogP contribution is -2.23. The van der Waals surface area contributed by atoms with E-state index in [1.54, 1.807) is 0 Å². The van der Waals surface area contributed by atoms with E-state index < -0.39 is 0 Å². The van der Waals surface area contributed by atoms with Crippen molar-refractivity contribution in [3.63, 3.8) is 0 Å². The molecular weight excluding hydrogens is 771 g/mol. The van der Waals surface area contributed by atoms with Crippen molar-refractivity contribution in [2.24, 2.45) is 11.8 Å². The summed E-state index contributed by atoms with van der Waals surface area (Å²) >= 11 is 0. The molecule has 0 atom stereocenters. The first-order chi connectivity index (χ1) is 30.4. The van der Waals surface area contributed by atoms with Gasteiger partial charge in [0.1, 0.15) is 6.10 Å². The van der Waals surface area contributed by atoms with Crippen LogP contribution in [0.4, 0.5) is 0 Å². The number of carbonyl (C=O) groups is 3. The molecule has 1 aliphatic rings. The van der Waals surface area contributed by atoms with E-state index in [1.165, 1.54) is 193 Å². The second-order valence-corrected chi connectivity index (χ2v) is 19.6. The normalized spacial score (nSPS) is 13.2. The van der Waals surface area contributed by atoms with Gasteiger partial charge in [-0.05, 0) is 115 Å². The van der Waals surface area contributed by atoms with Crippen LogP contribution in [0.5, 0.6) is 0 Å².